The van der Waals surface area contributed by atoms with Gasteiger partial charge in [-0.15, -0.1) is 22.7 Å². The van der Waals surface area contributed by atoms with Gasteiger partial charge < -0.3 is 9.73 Å². The zero-order chi connectivity index (χ0) is 37.5. The van der Waals surface area contributed by atoms with E-state index in [2.05, 4.69) is 181 Å². The summed E-state index contributed by atoms with van der Waals surface area (Å²) in [4.78, 5) is 4.93. The Labute approximate surface area is 336 Å². The van der Waals surface area contributed by atoms with Crippen molar-refractivity contribution in [3.8, 4) is 44.5 Å². The molecule has 268 valence electrons. The summed E-state index contributed by atoms with van der Waals surface area (Å²) in [6.45, 7) is 0. The van der Waals surface area contributed by atoms with Crippen LogP contribution in [0.25, 0.3) is 95.8 Å². The van der Waals surface area contributed by atoms with E-state index in [9.17, 15) is 0 Å². The minimum Gasteiger partial charge on any atom is -0.456 e. The van der Waals surface area contributed by atoms with Crippen LogP contribution in [0.2, 0.25) is 0 Å². The van der Waals surface area contributed by atoms with Gasteiger partial charge in [-0.1, -0.05) is 133 Å². The van der Waals surface area contributed by atoms with Gasteiger partial charge in [0.1, 0.15) is 11.6 Å². The topological polar surface area (TPSA) is 37.5 Å². The van der Waals surface area contributed by atoms with Crippen LogP contribution in [0, 0.1) is 0 Å². The Hall–Kier alpha value is -6.79. The number of hydrogen-bond donors (Lipinski definition) is 1. The van der Waals surface area contributed by atoms with Gasteiger partial charge in [0.25, 0.3) is 0 Å². The molecular weight excluding hydrogens is 733 g/mol. The molecule has 0 aliphatic carbocycles. The van der Waals surface area contributed by atoms with Crippen LogP contribution in [0.15, 0.2) is 185 Å². The highest BCUT2D eigenvalue weighted by Crippen LogP contribution is 2.45. The summed E-state index contributed by atoms with van der Waals surface area (Å²) in [5, 5.41) is 9.76. The zero-order valence-corrected chi connectivity index (χ0v) is 32.2. The molecule has 5 heteroatoms. The molecule has 8 aromatic carbocycles. The van der Waals surface area contributed by atoms with Crippen molar-refractivity contribution in [3.63, 3.8) is 0 Å². The summed E-state index contributed by atoms with van der Waals surface area (Å²) in [7, 11) is 0. The molecule has 1 unspecified atom stereocenters. The highest BCUT2D eigenvalue weighted by atomic mass is 32.1. The predicted octanol–water partition coefficient (Wildman–Crippen LogP) is 15.4. The fraction of sp³-hybridized carbons (Fsp3) is 0.0192. The number of fused-ring (bicyclic) bond motifs is 9. The minimum absolute atomic E-state index is 0.266. The number of hydrogen-bond acceptors (Lipinski definition) is 5. The third-order valence-corrected chi connectivity index (χ3v) is 13.9. The first-order valence-corrected chi connectivity index (χ1v) is 20.8. The van der Waals surface area contributed by atoms with Crippen molar-refractivity contribution in [1.82, 2.24) is 0 Å². The highest BCUT2D eigenvalue weighted by molar-refractivity contribution is 7.26. The average Bonchev–Trinajstić information content (AvgIpc) is 3.98. The van der Waals surface area contributed by atoms with E-state index in [0.29, 0.717) is 0 Å². The molecule has 3 nitrogen and oxygen atoms in total. The number of aliphatic imine (C=N–C) groups is 1. The standard InChI is InChI=1S/C52H32N2OS2/c1-3-22-46-40(16-1)42-20-8-18-38(51(42)56-46)35-13-5-10-31(26-35)33-12-7-15-37(28-33)48-50-49(54-30-53-48)44-29-34(24-25-45(44)55-50)32-11-6-14-36(27-32)39-19-9-21-43-41-17-2-4-23-47(41)57-52(39)43/h1-30,48H,(H,53,54). The molecule has 1 aliphatic heterocycles. The number of nitrogens with zero attached hydrogens (tertiary/aromatic N) is 1. The fourth-order valence-corrected chi connectivity index (χ4v) is 11.2. The third kappa shape index (κ3) is 5.27. The van der Waals surface area contributed by atoms with Crippen molar-refractivity contribution in [3.05, 3.63) is 187 Å². The van der Waals surface area contributed by atoms with Gasteiger partial charge in [0.2, 0.25) is 0 Å². The first kappa shape index (κ1) is 32.5. The van der Waals surface area contributed by atoms with Crippen LogP contribution in [0.4, 0.5) is 5.69 Å². The Bertz CT molecular complexity index is 3420. The quantitative estimate of drug-likeness (QED) is 0.189. The molecular formula is C52H32N2OS2. The lowest BCUT2D eigenvalue weighted by Crippen LogP contribution is -2.09. The molecule has 1 atom stereocenters. The Balaban J connectivity index is 0.885. The van der Waals surface area contributed by atoms with Crippen LogP contribution in [-0.4, -0.2) is 6.34 Å². The van der Waals surface area contributed by atoms with Gasteiger partial charge in [-0.25, -0.2) is 0 Å². The zero-order valence-electron chi connectivity index (χ0n) is 30.6. The third-order valence-electron chi connectivity index (χ3n) is 11.4. The molecule has 4 heterocycles. The SMILES string of the molecule is C1=NC(c2cccc(-c3cccc(-c4cccc5c4sc4ccccc45)c3)c2)c2oc3ccc(-c4cccc(-c5cccc6c5sc5ccccc56)c4)cc3c2N1. The molecule has 3 aromatic heterocycles. The van der Waals surface area contributed by atoms with E-state index in [1.165, 1.54) is 73.7 Å². The number of nitrogens with one attached hydrogen (secondary N) is 1. The summed E-state index contributed by atoms with van der Waals surface area (Å²) in [6, 6.07) is 63.5. The second-order valence-electron chi connectivity index (χ2n) is 14.7. The van der Waals surface area contributed by atoms with E-state index in [0.717, 1.165) is 39.1 Å². The average molecular weight is 765 g/mol. The van der Waals surface area contributed by atoms with Crippen LogP contribution in [0.1, 0.15) is 17.4 Å². The van der Waals surface area contributed by atoms with E-state index in [-0.39, 0.29) is 6.04 Å². The Morgan fingerprint density at radius 1 is 0.439 bits per heavy atom. The molecule has 0 saturated heterocycles. The van der Waals surface area contributed by atoms with Crippen molar-refractivity contribution < 1.29 is 4.42 Å². The van der Waals surface area contributed by atoms with Gasteiger partial charge in [0.05, 0.1) is 12.0 Å². The molecule has 11 aromatic rings. The normalized spacial score (nSPS) is 13.9. The number of anilines is 1. The van der Waals surface area contributed by atoms with Crippen LogP contribution >= 0.6 is 22.7 Å². The van der Waals surface area contributed by atoms with Gasteiger partial charge in [-0.05, 0) is 92.5 Å². The number of benzene rings is 8. The molecule has 0 saturated carbocycles. The Kier molecular flexibility index (Phi) is 7.34. The number of thiophene rings is 2. The van der Waals surface area contributed by atoms with Crippen molar-refractivity contribution in [2.24, 2.45) is 4.99 Å². The lowest BCUT2D eigenvalue weighted by Gasteiger charge is -2.18. The second-order valence-corrected chi connectivity index (χ2v) is 16.8. The summed E-state index contributed by atoms with van der Waals surface area (Å²) in [5.74, 6) is 0.831. The maximum absolute atomic E-state index is 6.63. The largest absolute Gasteiger partial charge is 0.456 e. The van der Waals surface area contributed by atoms with Gasteiger partial charge in [-0.2, -0.15) is 0 Å². The molecule has 0 spiro atoms. The lowest BCUT2D eigenvalue weighted by atomic mass is 9.94. The van der Waals surface area contributed by atoms with Crippen LogP contribution < -0.4 is 5.32 Å². The van der Waals surface area contributed by atoms with Gasteiger partial charge in [0.15, 0.2) is 5.76 Å². The molecule has 1 N–H and O–H groups in total. The van der Waals surface area contributed by atoms with Crippen molar-refractivity contribution in [2.75, 3.05) is 5.32 Å². The summed E-state index contributed by atoms with van der Waals surface area (Å²) < 4.78 is 11.9. The van der Waals surface area contributed by atoms with Gasteiger partial charge in [0, 0.05) is 45.7 Å². The maximum Gasteiger partial charge on any atom is 0.157 e. The smallest absolute Gasteiger partial charge is 0.157 e. The van der Waals surface area contributed by atoms with Crippen molar-refractivity contribution in [2.45, 2.75) is 6.04 Å². The molecule has 12 rings (SSSR count). The number of rotatable bonds is 5. The fourth-order valence-electron chi connectivity index (χ4n) is 8.69. The Morgan fingerprint density at radius 3 is 1.61 bits per heavy atom. The lowest BCUT2D eigenvalue weighted by molar-refractivity contribution is 0.526. The first-order chi connectivity index (χ1) is 28.2. The molecule has 0 amide bonds. The number of furan rings is 1. The van der Waals surface area contributed by atoms with Crippen LogP contribution in [-0.2, 0) is 0 Å². The summed E-state index contributed by atoms with van der Waals surface area (Å²) in [5.41, 5.74) is 12.5. The van der Waals surface area contributed by atoms with E-state index < -0.39 is 0 Å². The van der Waals surface area contributed by atoms with E-state index >= 15 is 0 Å². The molecule has 0 bridgehead atoms. The van der Waals surface area contributed by atoms with Gasteiger partial charge in [-0.3, -0.25) is 4.99 Å². The first-order valence-electron chi connectivity index (χ1n) is 19.2. The predicted molar refractivity (Wildman–Crippen MR) is 244 cm³/mol. The summed E-state index contributed by atoms with van der Waals surface area (Å²) >= 11 is 3.74. The minimum atomic E-state index is -0.266. The van der Waals surface area contributed by atoms with E-state index in [1.54, 1.807) is 0 Å². The molecule has 0 radical (unpaired) electrons. The van der Waals surface area contributed by atoms with E-state index in [1.807, 2.05) is 29.0 Å². The van der Waals surface area contributed by atoms with Crippen LogP contribution in [0.5, 0.6) is 0 Å². The van der Waals surface area contributed by atoms with Gasteiger partial charge >= 0.3 is 0 Å². The van der Waals surface area contributed by atoms with Crippen LogP contribution in [0.3, 0.4) is 0 Å². The molecule has 1 aliphatic rings. The maximum atomic E-state index is 6.63. The van der Waals surface area contributed by atoms with E-state index in [4.69, 9.17) is 9.41 Å². The van der Waals surface area contributed by atoms with Crippen molar-refractivity contribution in [1.29, 1.82) is 0 Å². The Morgan fingerprint density at radius 2 is 0.965 bits per heavy atom. The molecule has 0 fully saturated rings. The monoisotopic (exact) mass is 764 g/mol. The second kappa shape index (κ2) is 12.9. The summed E-state index contributed by atoms with van der Waals surface area (Å²) in [6.07, 6.45) is 1.82. The highest BCUT2D eigenvalue weighted by Gasteiger charge is 2.27. The van der Waals surface area contributed by atoms with Crippen molar-refractivity contribution >= 4 is 86.0 Å². The molecule has 57 heavy (non-hydrogen) atoms.